The highest BCUT2D eigenvalue weighted by atomic mass is 16.5. The molecule has 1 aromatic carbocycles. The fourth-order valence-electron chi connectivity index (χ4n) is 3.07. The van der Waals surface area contributed by atoms with Crippen molar-refractivity contribution in [3.05, 3.63) is 71.4 Å². The first-order valence-corrected chi connectivity index (χ1v) is 8.97. The van der Waals surface area contributed by atoms with Crippen molar-refractivity contribution in [1.82, 2.24) is 25.1 Å². The van der Waals surface area contributed by atoms with Gasteiger partial charge < -0.3 is 10.1 Å². The van der Waals surface area contributed by atoms with Crippen molar-refractivity contribution in [1.29, 1.82) is 0 Å². The average Bonchev–Trinajstić information content (AvgIpc) is 3.20. The molecule has 1 atom stereocenters. The lowest BCUT2D eigenvalue weighted by Gasteiger charge is -2.24. The first kappa shape index (κ1) is 17.5. The summed E-state index contributed by atoms with van der Waals surface area (Å²) in [5.74, 6) is 0.615. The number of benzene rings is 1. The second-order valence-corrected chi connectivity index (χ2v) is 6.60. The van der Waals surface area contributed by atoms with Crippen molar-refractivity contribution in [3.8, 4) is 5.82 Å². The molecule has 0 spiro atoms. The molecule has 0 radical (unpaired) electrons. The molecule has 7 nitrogen and oxygen atoms in total. The number of ketones is 1. The molecular weight excluding hydrogens is 342 g/mol. The zero-order valence-corrected chi connectivity index (χ0v) is 15.1. The van der Waals surface area contributed by atoms with Crippen molar-refractivity contribution >= 4 is 5.78 Å². The molecule has 1 N–H and O–H groups in total. The van der Waals surface area contributed by atoms with Crippen LogP contribution in [0.4, 0.5) is 0 Å². The topological polar surface area (TPSA) is 81.9 Å². The molecule has 1 aliphatic heterocycles. The van der Waals surface area contributed by atoms with Crippen LogP contribution in [-0.4, -0.2) is 45.2 Å². The number of morpholine rings is 1. The van der Waals surface area contributed by atoms with Crippen LogP contribution < -0.4 is 5.32 Å². The van der Waals surface area contributed by atoms with Crippen LogP contribution in [0.25, 0.3) is 5.82 Å². The van der Waals surface area contributed by atoms with Crippen LogP contribution in [-0.2, 0) is 11.2 Å². The molecule has 0 bridgehead atoms. The number of carbonyl (C=O) groups is 1. The summed E-state index contributed by atoms with van der Waals surface area (Å²) in [6.45, 7) is 4.30. The van der Waals surface area contributed by atoms with Crippen LogP contribution in [0.5, 0.6) is 0 Å². The number of aromatic nitrogens is 4. The summed E-state index contributed by atoms with van der Waals surface area (Å²) in [5.41, 5.74) is 3.45. The van der Waals surface area contributed by atoms with E-state index in [1.54, 1.807) is 29.5 Å². The normalized spacial score (nSPS) is 17.0. The fraction of sp³-hybridized carbons (Fsp3) is 0.300. The Morgan fingerprint density at radius 1 is 1.26 bits per heavy atom. The van der Waals surface area contributed by atoms with E-state index >= 15 is 0 Å². The largest absolute Gasteiger partial charge is 0.371 e. The molecule has 27 heavy (non-hydrogen) atoms. The predicted molar refractivity (Wildman–Crippen MR) is 99.9 cm³/mol. The third kappa shape index (κ3) is 4.10. The van der Waals surface area contributed by atoms with Crippen LogP contribution >= 0.6 is 0 Å². The summed E-state index contributed by atoms with van der Waals surface area (Å²) in [7, 11) is 0. The number of aryl methyl sites for hydroxylation is 1. The molecule has 2 aromatic heterocycles. The van der Waals surface area contributed by atoms with Gasteiger partial charge in [-0.15, -0.1) is 0 Å². The summed E-state index contributed by atoms with van der Waals surface area (Å²) >= 11 is 0. The molecule has 3 aromatic rings. The van der Waals surface area contributed by atoms with Gasteiger partial charge in [0.05, 0.1) is 36.4 Å². The van der Waals surface area contributed by atoms with E-state index < -0.39 is 0 Å². The zero-order chi connectivity index (χ0) is 18.6. The van der Waals surface area contributed by atoms with E-state index in [1.807, 2.05) is 31.2 Å². The predicted octanol–water partition coefficient (Wildman–Crippen LogP) is 2.06. The third-order valence-electron chi connectivity index (χ3n) is 4.53. The van der Waals surface area contributed by atoms with Gasteiger partial charge in [0, 0.05) is 31.9 Å². The third-order valence-corrected chi connectivity index (χ3v) is 4.53. The lowest BCUT2D eigenvalue weighted by Crippen LogP contribution is -2.33. The monoisotopic (exact) mass is 363 g/mol. The lowest BCUT2D eigenvalue weighted by molar-refractivity contribution is 0.0277. The Morgan fingerprint density at radius 2 is 2.11 bits per heavy atom. The second-order valence-electron chi connectivity index (χ2n) is 6.60. The van der Waals surface area contributed by atoms with Gasteiger partial charge in [-0.2, -0.15) is 5.10 Å². The second kappa shape index (κ2) is 7.77. The Balaban J connectivity index is 1.43. The molecule has 0 amide bonds. The molecular formula is C20H21N5O2. The minimum atomic E-state index is 0.0187. The molecule has 3 heterocycles. The number of ether oxygens (including phenoxy) is 1. The van der Waals surface area contributed by atoms with Gasteiger partial charge in [-0.05, 0) is 18.1 Å². The van der Waals surface area contributed by atoms with Crippen LogP contribution in [0.1, 0.15) is 33.3 Å². The summed E-state index contributed by atoms with van der Waals surface area (Å²) in [6, 6.07) is 8.04. The summed E-state index contributed by atoms with van der Waals surface area (Å²) in [6.07, 6.45) is 6.98. The Hall–Kier alpha value is -2.90. The summed E-state index contributed by atoms with van der Waals surface area (Å²) in [5, 5.41) is 7.56. The van der Waals surface area contributed by atoms with Gasteiger partial charge in [-0.25, -0.2) is 9.67 Å². The van der Waals surface area contributed by atoms with Crippen LogP contribution in [0, 0.1) is 6.92 Å². The van der Waals surface area contributed by atoms with Crippen LogP contribution in [0.3, 0.4) is 0 Å². The van der Waals surface area contributed by atoms with Crippen molar-refractivity contribution in [2.45, 2.75) is 19.4 Å². The van der Waals surface area contributed by atoms with E-state index in [0.29, 0.717) is 17.8 Å². The number of hydrogen-bond donors (Lipinski definition) is 1. The van der Waals surface area contributed by atoms with E-state index in [0.717, 1.165) is 36.5 Å². The highest BCUT2D eigenvalue weighted by Crippen LogP contribution is 2.20. The number of Topliss-reactive ketones (excluding diaryl/α,β-unsaturated/α-hetero) is 1. The minimum Gasteiger partial charge on any atom is -0.371 e. The smallest absolute Gasteiger partial charge is 0.172 e. The molecule has 0 unspecified atom stereocenters. The Kier molecular flexibility index (Phi) is 5.04. The van der Waals surface area contributed by atoms with Crippen molar-refractivity contribution in [3.63, 3.8) is 0 Å². The standard InChI is InChI=1S/C20H21N5O2/c1-14-9-22-12-20(24-14)25-13-17(10-23-25)18(26)8-15-2-4-16(5-3-15)19-11-21-6-7-27-19/h2-5,9-10,12-13,19,21H,6-8,11H2,1H3/t19-/m1/s1. The van der Waals surface area contributed by atoms with Crippen molar-refractivity contribution < 1.29 is 9.53 Å². The maximum Gasteiger partial charge on any atom is 0.172 e. The van der Waals surface area contributed by atoms with Crippen LogP contribution in [0.15, 0.2) is 49.1 Å². The Labute approximate surface area is 157 Å². The Morgan fingerprint density at radius 3 is 2.85 bits per heavy atom. The van der Waals surface area contributed by atoms with Gasteiger partial charge in [0.25, 0.3) is 0 Å². The molecule has 1 saturated heterocycles. The number of hydrogen-bond acceptors (Lipinski definition) is 6. The highest BCUT2D eigenvalue weighted by Gasteiger charge is 2.16. The number of nitrogens with one attached hydrogen (secondary N) is 1. The van der Waals surface area contributed by atoms with Gasteiger partial charge in [-0.1, -0.05) is 24.3 Å². The van der Waals surface area contributed by atoms with Gasteiger partial charge in [0.2, 0.25) is 0 Å². The quantitative estimate of drug-likeness (QED) is 0.699. The lowest BCUT2D eigenvalue weighted by atomic mass is 10.0. The number of carbonyl (C=O) groups excluding carboxylic acids is 1. The number of nitrogens with zero attached hydrogens (tertiary/aromatic N) is 4. The van der Waals surface area contributed by atoms with Crippen molar-refractivity contribution in [2.75, 3.05) is 19.7 Å². The van der Waals surface area contributed by atoms with E-state index in [9.17, 15) is 4.79 Å². The highest BCUT2D eigenvalue weighted by molar-refractivity contribution is 5.97. The van der Waals surface area contributed by atoms with Gasteiger partial charge >= 0.3 is 0 Å². The van der Waals surface area contributed by atoms with E-state index in [1.165, 1.54) is 0 Å². The van der Waals surface area contributed by atoms with Gasteiger partial charge in [-0.3, -0.25) is 9.78 Å². The van der Waals surface area contributed by atoms with Gasteiger partial charge in [0.1, 0.15) is 0 Å². The molecule has 0 aliphatic carbocycles. The molecule has 4 rings (SSSR count). The van der Waals surface area contributed by atoms with E-state index in [-0.39, 0.29) is 11.9 Å². The van der Waals surface area contributed by atoms with E-state index in [2.05, 4.69) is 20.4 Å². The minimum absolute atomic E-state index is 0.0187. The summed E-state index contributed by atoms with van der Waals surface area (Å²) < 4.78 is 7.33. The maximum atomic E-state index is 12.6. The average molecular weight is 363 g/mol. The Bertz CT molecular complexity index is 930. The molecule has 7 heteroatoms. The molecule has 0 saturated carbocycles. The maximum absolute atomic E-state index is 12.6. The first-order valence-electron chi connectivity index (χ1n) is 8.97. The van der Waals surface area contributed by atoms with Gasteiger partial charge in [0.15, 0.2) is 11.6 Å². The molecule has 1 aliphatic rings. The molecule has 1 fully saturated rings. The zero-order valence-electron chi connectivity index (χ0n) is 15.1. The van der Waals surface area contributed by atoms with Crippen molar-refractivity contribution in [2.24, 2.45) is 0 Å². The molecule has 138 valence electrons. The SMILES string of the molecule is Cc1cncc(-n2cc(C(=O)Cc3ccc([C@H]4CNCCO4)cc3)cn2)n1. The summed E-state index contributed by atoms with van der Waals surface area (Å²) in [4.78, 5) is 21.1. The fourth-order valence-corrected chi connectivity index (χ4v) is 3.07. The van der Waals surface area contributed by atoms with Crippen LogP contribution in [0.2, 0.25) is 0 Å². The first-order chi connectivity index (χ1) is 13.2. The number of rotatable bonds is 5. The van der Waals surface area contributed by atoms with E-state index in [4.69, 9.17) is 4.74 Å².